The van der Waals surface area contributed by atoms with E-state index in [-0.39, 0.29) is 31.4 Å². The molecule has 0 bridgehead atoms. The predicted octanol–water partition coefficient (Wildman–Crippen LogP) is 10.7. The number of nitrogens with zero attached hydrogens (tertiary/aromatic N) is 8. The number of nitrogens with one attached hydrogen (secondary N) is 2. The number of rotatable bonds is 16. The molecule has 19 heteroatoms. The monoisotopic (exact) mass is 1110 g/mol. The van der Waals surface area contributed by atoms with Crippen LogP contribution in [0, 0.1) is 13.1 Å². The van der Waals surface area contributed by atoms with Crippen molar-refractivity contribution in [3.8, 4) is 56.6 Å². The summed E-state index contributed by atoms with van der Waals surface area (Å²) < 4.78 is 15.7. The van der Waals surface area contributed by atoms with Crippen LogP contribution in [-0.2, 0) is 9.59 Å². The van der Waals surface area contributed by atoms with Crippen LogP contribution in [-0.4, -0.2) is 88.2 Å². The summed E-state index contributed by atoms with van der Waals surface area (Å²) in [6.07, 6.45) is 9.11. The number of aldehydes is 1. The van der Waals surface area contributed by atoms with Gasteiger partial charge in [0.1, 0.15) is 53.6 Å². The highest BCUT2D eigenvalue weighted by Crippen LogP contribution is 2.38. The van der Waals surface area contributed by atoms with Crippen LogP contribution >= 0.6 is 0 Å². The second-order valence-electron chi connectivity index (χ2n) is 20.0. The maximum Gasteiger partial charge on any atom is 0.300 e. The molecular weight excluding hydrogens is 1050 g/mol. The summed E-state index contributed by atoms with van der Waals surface area (Å²) in [5.74, 6) is 2.81. The van der Waals surface area contributed by atoms with Crippen molar-refractivity contribution in [2.24, 2.45) is 0 Å². The first-order chi connectivity index (χ1) is 40.0. The lowest BCUT2D eigenvalue weighted by atomic mass is 10.1. The average Bonchev–Trinajstić information content (AvgIpc) is 3.04. The molecule has 416 valence electrons. The van der Waals surface area contributed by atoms with Gasteiger partial charge in [-0.3, -0.25) is 14.4 Å². The summed E-state index contributed by atoms with van der Waals surface area (Å²) >= 11 is 0. The minimum Gasteiger partial charge on any atom is -0.457 e. The van der Waals surface area contributed by atoms with Gasteiger partial charge in [-0.15, -0.1) is 0 Å². The molecule has 0 saturated heterocycles. The minimum atomic E-state index is -0.853. The fourth-order valence-electron chi connectivity index (χ4n) is 8.41. The molecule has 0 atom stereocenters. The topological polar surface area (TPSA) is 256 Å². The van der Waals surface area contributed by atoms with Crippen molar-refractivity contribution in [3.63, 3.8) is 0 Å². The summed E-state index contributed by atoms with van der Waals surface area (Å²) in [4.78, 5) is 58.4. The Kier molecular flexibility index (Phi) is 18.4. The van der Waals surface area contributed by atoms with E-state index in [4.69, 9.17) is 39.2 Å². The van der Waals surface area contributed by atoms with Gasteiger partial charge in [-0.2, -0.15) is 0 Å². The van der Waals surface area contributed by atoms with E-state index in [1.807, 2.05) is 167 Å². The number of hydrogen-bond donors (Lipinski definition) is 6. The average molecular weight is 1110 g/mol. The van der Waals surface area contributed by atoms with Crippen molar-refractivity contribution in [1.82, 2.24) is 39.7 Å². The van der Waals surface area contributed by atoms with Gasteiger partial charge in [0.15, 0.2) is 11.3 Å². The Morgan fingerprint density at radius 1 is 0.590 bits per heavy atom. The number of benzene rings is 6. The third-order valence-corrected chi connectivity index (χ3v) is 12.5. The minimum absolute atomic E-state index is 0.0916. The van der Waals surface area contributed by atoms with E-state index < -0.39 is 17.0 Å². The molecule has 0 spiro atoms. The number of fused-ring (bicyclic) bond motifs is 2. The van der Waals surface area contributed by atoms with Gasteiger partial charge in [-0.05, 0) is 123 Å². The van der Waals surface area contributed by atoms with Gasteiger partial charge in [0, 0.05) is 40.5 Å². The van der Waals surface area contributed by atoms with Gasteiger partial charge < -0.3 is 55.8 Å². The lowest BCUT2D eigenvalue weighted by Gasteiger charge is -2.23. The van der Waals surface area contributed by atoms with Gasteiger partial charge >= 0.3 is 5.91 Å². The van der Waals surface area contributed by atoms with Crippen LogP contribution in [0.15, 0.2) is 188 Å². The Morgan fingerprint density at radius 2 is 1.02 bits per heavy atom. The van der Waals surface area contributed by atoms with E-state index in [2.05, 4.69) is 40.3 Å². The first-order valence-electron chi connectivity index (χ1n) is 25.9. The number of aliphatic hydroxyl groups is 2. The Balaban J connectivity index is 0.000000188. The van der Waals surface area contributed by atoms with Crippen LogP contribution in [0.3, 0.4) is 0 Å². The lowest BCUT2D eigenvalue weighted by molar-refractivity contribution is -0.121. The number of nitrogen functional groups attached to an aromatic ring is 2. The molecule has 4 heterocycles. The molecule has 10 rings (SSSR count). The molecule has 0 aliphatic carbocycles. The molecule has 0 fully saturated rings. The summed E-state index contributed by atoms with van der Waals surface area (Å²) in [7, 11) is 0. The smallest absolute Gasteiger partial charge is 0.300 e. The van der Waals surface area contributed by atoms with Crippen LogP contribution in [0.25, 0.3) is 71.5 Å². The van der Waals surface area contributed by atoms with Crippen LogP contribution in [0.2, 0.25) is 0 Å². The van der Waals surface area contributed by atoms with Gasteiger partial charge in [-0.25, -0.2) is 31.4 Å². The molecule has 2 amide bonds. The van der Waals surface area contributed by atoms with Crippen LogP contribution in [0.4, 0.5) is 11.6 Å². The highest BCUT2D eigenvalue weighted by atomic mass is 16.5. The number of aliphatic hydroxyl groups excluding tert-OH is 2. The molecule has 83 heavy (non-hydrogen) atoms. The van der Waals surface area contributed by atoms with E-state index in [9.17, 15) is 19.5 Å². The zero-order valence-electron chi connectivity index (χ0n) is 45.8. The number of anilines is 2. The molecule has 10 aromatic rings. The fourth-order valence-corrected chi connectivity index (χ4v) is 8.41. The number of nitrogens with two attached hydrogens (primary N) is 2. The Morgan fingerprint density at radius 3 is 1.46 bits per heavy atom. The van der Waals surface area contributed by atoms with Gasteiger partial charge in [-0.1, -0.05) is 84.9 Å². The van der Waals surface area contributed by atoms with Crippen molar-refractivity contribution in [1.29, 1.82) is 0 Å². The van der Waals surface area contributed by atoms with E-state index in [0.29, 0.717) is 45.2 Å². The molecule has 0 radical (unpaired) electrons. The molecular formula is C64H58N12O7. The van der Waals surface area contributed by atoms with Gasteiger partial charge in [0.2, 0.25) is 0 Å². The summed E-state index contributed by atoms with van der Waals surface area (Å²) in [6, 6.07) is 49.4. The van der Waals surface area contributed by atoms with E-state index in [1.54, 1.807) is 39.8 Å². The quantitative estimate of drug-likeness (QED) is 0.0299. The largest absolute Gasteiger partial charge is 0.457 e. The second kappa shape index (κ2) is 26.3. The lowest BCUT2D eigenvalue weighted by Crippen LogP contribution is -2.47. The molecule has 0 aliphatic rings. The standard InChI is InChI=1S/C32H28N6O3.C25H18N4O2.C7H12N2O2/c1-32(2,19-39)37-31(40)27(34-3)17-21-8-7-9-23(16-21)38-18-26(28-29(33)35-20-36-30(28)38)22-12-14-25(15-13-22)41-24-10-5-4-6-11-24;26-24-23-22(18-9-11-21(12-10-18)31-20-7-2-1-3-8-20)14-29(25(23)28-16-27-24)19-6-4-5-17(13-19)15-30;1-7(2,5-10)9-6(11)4-8-3/h4-18,20,39H,19H2,1-2H3,(H,37,40)(H2,33,35,36);1-16H,(H2,26,27,28);10H,4-5H2,1-2H3,(H,9,11)/b27-17-;;. The normalized spacial score (nSPS) is 11.2. The summed E-state index contributed by atoms with van der Waals surface area (Å²) in [5.41, 5.74) is 18.7. The maximum atomic E-state index is 12.7. The fraction of sp³-hybridized carbons (Fsp3) is 0.141. The molecule has 4 aromatic heterocycles. The summed E-state index contributed by atoms with van der Waals surface area (Å²) in [5, 5.41) is 24.8. The van der Waals surface area contributed by atoms with Crippen molar-refractivity contribution in [2.75, 3.05) is 31.2 Å². The highest BCUT2D eigenvalue weighted by molar-refractivity contribution is 6.03. The third-order valence-electron chi connectivity index (χ3n) is 12.5. The SMILES string of the molecule is Nc1ncnc2c1c(-c1ccc(Oc3ccccc3)cc1)cn2-c1cccc(C=O)c1.[C-]#[N+]/C(=C\c1cccc(-n2cc(-c3ccc(Oc4ccccc4)cc3)c3c(N)ncnc32)c1)C(=O)NC(C)(C)CO.[C-]#[N+]CC(=O)NC(C)(C)CO. The number of ether oxygens (including phenoxy) is 2. The second-order valence-corrected chi connectivity index (χ2v) is 20.0. The molecule has 0 aliphatic heterocycles. The Bertz CT molecular complexity index is 4030. The first-order valence-corrected chi connectivity index (χ1v) is 25.9. The van der Waals surface area contributed by atoms with Crippen molar-refractivity contribution in [3.05, 3.63) is 222 Å². The van der Waals surface area contributed by atoms with Crippen molar-refractivity contribution < 1.29 is 34.1 Å². The molecule has 0 unspecified atom stereocenters. The van der Waals surface area contributed by atoms with Crippen molar-refractivity contribution in [2.45, 2.75) is 38.8 Å². The zero-order valence-corrected chi connectivity index (χ0v) is 45.8. The number of carbonyl (C=O) groups excluding carboxylic acids is 3. The predicted molar refractivity (Wildman–Crippen MR) is 321 cm³/mol. The zero-order chi connectivity index (χ0) is 59.1. The van der Waals surface area contributed by atoms with Gasteiger partial charge in [0.05, 0.1) is 41.6 Å². The maximum absolute atomic E-state index is 12.7. The van der Waals surface area contributed by atoms with Crippen molar-refractivity contribution >= 4 is 57.9 Å². The van der Waals surface area contributed by atoms with E-state index in [0.717, 1.165) is 62.5 Å². The molecule has 0 saturated carbocycles. The highest BCUT2D eigenvalue weighted by Gasteiger charge is 2.23. The molecule has 19 nitrogen and oxygen atoms in total. The molecule has 6 aromatic carbocycles. The van der Waals surface area contributed by atoms with Gasteiger partial charge in [0.25, 0.3) is 18.1 Å². The number of carbonyl (C=O) groups is 3. The first kappa shape index (κ1) is 58.2. The number of amides is 2. The van der Waals surface area contributed by atoms with Crippen LogP contribution in [0.1, 0.15) is 43.6 Å². The Hall–Kier alpha value is -11.0. The third kappa shape index (κ3) is 14.6. The van der Waals surface area contributed by atoms with Crippen LogP contribution in [0.5, 0.6) is 23.0 Å². The summed E-state index contributed by atoms with van der Waals surface area (Å²) in [6.45, 7) is 20.1. The van der Waals surface area contributed by atoms with E-state index in [1.165, 1.54) is 18.7 Å². The number of para-hydroxylation sites is 2. The van der Waals surface area contributed by atoms with E-state index >= 15 is 0 Å². The molecule has 8 N–H and O–H groups in total. The van der Waals surface area contributed by atoms with Crippen LogP contribution < -0.4 is 31.6 Å². The Labute approximate surface area is 478 Å². The number of aromatic nitrogens is 6. The number of hydrogen-bond acceptors (Lipinski definition) is 13.